The first-order chi connectivity index (χ1) is 8.14. The average molecular weight is 241 g/mol. The summed E-state index contributed by atoms with van der Waals surface area (Å²) in [5, 5.41) is 12.4. The van der Waals surface area contributed by atoms with Crippen molar-refractivity contribution in [3.63, 3.8) is 0 Å². The maximum absolute atomic E-state index is 8.69. The first-order valence-corrected chi connectivity index (χ1v) is 7.48. The van der Waals surface area contributed by atoms with Crippen LogP contribution in [-0.4, -0.2) is 24.3 Å². The molecule has 17 heavy (non-hydrogen) atoms. The van der Waals surface area contributed by atoms with E-state index >= 15 is 0 Å². The van der Waals surface area contributed by atoms with Crippen molar-refractivity contribution >= 4 is 0 Å². The second-order valence-corrected chi connectivity index (χ2v) is 6.38. The number of aliphatic hydroxyl groups excluding tert-OH is 1. The fraction of sp³-hybridized carbons (Fsp3) is 1.00. The van der Waals surface area contributed by atoms with E-state index in [1.165, 1.54) is 51.4 Å². The molecule has 0 saturated heterocycles. The summed E-state index contributed by atoms with van der Waals surface area (Å²) in [7, 11) is 0. The van der Waals surface area contributed by atoms with Crippen molar-refractivity contribution in [3.8, 4) is 0 Å². The third-order valence-corrected chi connectivity index (χ3v) is 4.09. The van der Waals surface area contributed by atoms with Gasteiger partial charge in [0, 0.05) is 12.6 Å². The van der Waals surface area contributed by atoms with E-state index in [0.717, 1.165) is 19.0 Å². The molecule has 1 fully saturated rings. The number of rotatable bonds is 7. The fourth-order valence-corrected chi connectivity index (χ4v) is 2.76. The molecule has 1 aliphatic rings. The predicted molar refractivity (Wildman–Crippen MR) is 74.2 cm³/mol. The van der Waals surface area contributed by atoms with Crippen LogP contribution in [0.25, 0.3) is 0 Å². The number of hydrogen-bond donors (Lipinski definition) is 2. The molecule has 1 rings (SSSR count). The summed E-state index contributed by atoms with van der Waals surface area (Å²) in [5.41, 5.74) is 0.567. The monoisotopic (exact) mass is 241 g/mol. The Morgan fingerprint density at radius 1 is 1.06 bits per heavy atom. The van der Waals surface area contributed by atoms with E-state index in [1.54, 1.807) is 0 Å². The highest BCUT2D eigenvalue weighted by molar-refractivity contribution is 4.79. The van der Waals surface area contributed by atoms with Gasteiger partial charge in [-0.15, -0.1) is 0 Å². The van der Waals surface area contributed by atoms with Gasteiger partial charge < -0.3 is 10.4 Å². The van der Waals surface area contributed by atoms with Crippen molar-refractivity contribution in [3.05, 3.63) is 0 Å². The van der Waals surface area contributed by atoms with Gasteiger partial charge in [-0.2, -0.15) is 0 Å². The molecule has 0 aliphatic heterocycles. The Bertz CT molecular complexity index is 191. The van der Waals surface area contributed by atoms with Gasteiger partial charge in [-0.05, 0) is 50.5 Å². The lowest BCUT2D eigenvalue weighted by molar-refractivity contribution is 0.282. The molecule has 2 heteroatoms. The van der Waals surface area contributed by atoms with E-state index in [2.05, 4.69) is 19.2 Å². The van der Waals surface area contributed by atoms with Crippen LogP contribution >= 0.6 is 0 Å². The highest BCUT2D eigenvalue weighted by atomic mass is 16.2. The highest BCUT2D eigenvalue weighted by Gasteiger charge is 2.23. The minimum Gasteiger partial charge on any atom is -0.396 e. The van der Waals surface area contributed by atoms with Crippen molar-refractivity contribution in [2.45, 2.75) is 77.7 Å². The van der Waals surface area contributed by atoms with Gasteiger partial charge in [0.15, 0.2) is 0 Å². The van der Waals surface area contributed by atoms with Crippen LogP contribution in [0.2, 0.25) is 0 Å². The van der Waals surface area contributed by atoms with Crippen molar-refractivity contribution in [2.75, 3.05) is 13.2 Å². The second kappa shape index (κ2) is 8.10. The Morgan fingerprint density at radius 2 is 1.82 bits per heavy atom. The summed E-state index contributed by atoms with van der Waals surface area (Å²) >= 11 is 0. The van der Waals surface area contributed by atoms with E-state index in [4.69, 9.17) is 5.11 Å². The summed E-state index contributed by atoms with van der Waals surface area (Å²) in [6, 6.07) is 0.759. The molecule has 0 aromatic heterocycles. The molecule has 1 aliphatic carbocycles. The normalized spacial score (nSPS) is 24.5. The SMILES string of the molecule is CC1(C)CCCC(NCCCCCCO)CC1. The van der Waals surface area contributed by atoms with Crippen molar-refractivity contribution in [1.82, 2.24) is 5.32 Å². The van der Waals surface area contributed by atoms with E-state index in [9.17, 15) is 0 Å². The largest absolute Gasteiger partial charge is 0.396 e. The summed E-state index contributed by atoms with van der Waals surface area (Å²) < 4.78 is 0. The van der Waals surface area contributed by atoms with Gasteiger partial charge in [0.1, 0.15) is 0 Å². The molecule has 0 amide bonds. The Kier molecular flexibility index (Phi) is 7.14. The molecular formula is C15H31NO. The Morgan fingerprint density at radius 3 is 2.59 bits per heavy atom. The Labute approximate surface area is 107 Å². The molecule has 0 spiro atoms. The van der Waals surface area contributed by atoms with Crippen LogP contribution in [0.15, 0.2) is 0 Å². The number of unbranched alkanes of at least 4 members (excludes halogenated alkanes) is 3. The van der Waals surface area contributed by atoms with E-state index in [0.29, 0.717) is 12.0 Å². The fourth-order valence-electron chi connectivity index (χ4n) is 2.76. The molecule has 1 unspecified atom stereocenters. The molecule has 1 saturated carbocycles. The standard InChI is InChI=1S/C15H31NO/c1-15(2)10-7-8-14(9-11-15)16-12-5-3-4-6-13-17/h14,16-17H,3-13H2,1-2H3. The third kappa shape index (κ3) is 7.05. The zero-order valence-corrected chi connectivity index (χ0v) is 11.8. The third-order valence-electron chi connectivity index (χ3n) is 4.09. The second-order valence-electron chi connectivity index (χ2n) is 6.38. The van der Waals surface area contributed by atoms with E-state index in [-0.39, 0.29) is 0 Å². The number of nitrogens with one attached hydrogen (secondary N) is 1. The molecule has 0 aromatic carbocycles. The molecule has 0 radical (unpaired) electrons. The molecule has 0 bridgehead atoms. The summed E-state index contributed by atoms with van der Waals surface area (Å²) in [4.78, 5) is 0. The molecule has 0 heterocycles. The Balaban J connectivity index is 2.03. The molecule has 2 N–H and O–H groups in total. The summed E-state index contributed by atoms with van der Waals surface area (Å²) in [6.45, 7) is 6.33. The zero-order chi connectivity index (χ0) is 12.6. The van der Waals surface area contributed by atoms with Gasteiger partial charge in [0.05, 0.1) is 0 Å². The molecule has 1 atom stereocenters. The first-order valence-electron chi connectivity index (χ1n) is 7.48. The van der Waals surface area contributed by atoms with Crippen LogP contribution in [0.1, 0.15) is 71.6 Å². The van der Waals surface area contributed by atoms with E-state index in [1.807, 2.05) is 0 Å². The lowest BCUT2D eigenvalue weighted by Gasteiger charge is -2.22. The molecule has 2 nitrogen and oxygen atoms in total. The molecule has 102 valence electrons. The van der Waals surface area contributed by atoms with E-state index < -0.39 is 0 Å². The minimum absolute atomic E-state index is 0.352. The quantitative estimate of drug-likeness (QED) is 0.528. The average Bonchev–Trinajstić information content (AvgIpc) is 2.45. The zero-order valence-electron chi connectivity index (χ0n) is 11.8. The van der Waals surface area contributed by atoms with Crippen LogP contribution in [0, 0.1) is 5.41 Å². The van der Waals surface area contributed by atoms with Crippen LogP contribution in [0.4, 0.5) is 0 Å². The van der Waals surface area contributed by atoms with Gasteiger partial charge >= 0.3 is 0 Å². The maximum Gasteiger partial charge on any atom is 0.0431 e. The first kappa shape index (κ1) is 15.0. The maximum atomic E-state index is 8.69. The van der Waals surface area contributed by atoms with Crippen LogP contribution in [0.5, 0.6) is 0 Å². The lowest BCUT2D eigenvalue weighted by Crippen LogP contribution is -2.29. The van der Waals surface area contributed by atoms with Gasteiger partial charge in [0.25, 0.3) is 0 Å². The van der Waals surface area contributed by atoms with Crippen LogP contribution < -0.4 is 5.32 Å². The van der Waals surface area contributed by atoms with Gasteiger partial charge in [-0.3, -0.25) is 0 Å². The number of aliphatic hydroxyl groups is 1. The van der Waals surface area contributed by atoms with Gasteiger partial charge in [-0.1, -0.05) is 33.1 Å². The topological polar surface area (TPSA) is 32.3 Å². The lowest BCUT2D eigenvalue weighted by atomic mass is 9.85. The van der Waals surface area contributed by atoms with Crippen LogP contribution in [-0.2, 0) is 0 Å². The van der Waals surface area contributed by atoms with Crippen LogP contribution in [0.3, 0.4) is 0 Å². The van der Waals surface area contributed by atoms with Crippen molar-refractivity contribution in [1.29, 1.82) is 0 Å². The highest BCUT2D eigenvalue weighted by Crippen LogP contribution is 2.33. The van der Waals surface area contributed by atoms with Gasteiger partial charge in [0.2, 0.25) is 0 Å². The molecular weight excluding hydrogens is 210 g/mol. The van der Waals surface area contributed by atoms with Crippen molar-refractivity contribution in [2.24, 2.45) is 5.41 Å². The Hall–Kier alpha value is -0.0800. The molecule has 0 aromatic rings. The predicted octanol–water partition coefficient (Wildman–Crippen LogP) is 3.49. The summed E-state index contributed by atoms with van der Waals surface area (Å²) in [6.07, 6.45) is 11.5. The number of hydrogen-bond acceptors (Lipinski definition) is 2. The summed E-state index contributed by atoms with van der Waals surface area (Å²) in [5.74, 6) is 0. The van der Waals surface area contributed by atoms with Gasteiger partial charge in [-0.25, -0.2) is 0 Å². The minimum atomic E-state index is 0.352. The smallest absolute Gasteiger partial charge is 0.0431 e. The van der Waals surface area contributed by atoms with Crippen molar-refractivity contribution < 1.29 is 5.11 Å².